The largest absolute Gasteiger partial charge is 0.435 e. The summed E-state index contributed by atoms with van der Waals surface area (Å²) < 4.78 is 41.3. The van der Waals surface area contributed by atoms with Gasteiger partial charge in [0.1, 0.15) is 5.69 Å². The molecule has 9 heteroatoms. The van der Waals surface area contributed by atoms with E-state index in [2.05, 4.69) is 15.5 Å². The lowest BCUT2D eigenvalue weighted by Gasteiger charge is -2.06. The standard InChI is InChI=1S/C22H18F3N5O/c1-29-18(12-19(27-29)22(23,24)25)21(31)26-13-16-14-30(17-10-6-3-7-11-17)28-20(16)15-8-4-2-5-9-15/h2-12,14H,13H2,1H3,(H,26,31). The summed E-state index contributed by atoms with van der Waals surface area (Å²) >= 11 is 0. The number of hydrogen-bond acceptors (Lipinski definition) is 3. The molecule has 0 radical (unpaired) electrons. The van der Waals surface area contributed by atoms with Crippen LogP contribution in [0, 0.1) is 0 Å². The molecule has 0 aliphatic heterocycles. The molecule has 6 nitrogen and oxygen atoms in total. The average Bonchev–Trinajstić information content (AvgIpc) is 3.37. The van der Waals surface area contributed by atoms with Crippen LogP contribution < -0.4 is 5.32 Å². The first-order chi connectivity index (χ1) is 14.8. The number of alkyl halides is 3. The molecule has 158 valence electrons. The van der Waals surface area contributed by atoms with Gasteiger partial charge in [0.15, 0.2) is 5.69 Å². The van der Waals surface area contributed by atoms with E-state index in [1.165, 1.54) is 7.05 Å². The Hall–Kier alpha value is -3.88. The average molecular weight is 425 g/mol. The number of aryl methyl sites for hydroxylation is 1. The molecule has 2 aromatic carbocycles. The minimum absolute atomic E-state index is 0.0857. The number of halogens is 3. The van der Waals surface area contributed by atoms with Crippen molar-refractivity contribution in [1.29, 1.82) is 0 Å². The zero-order chi connectivity index (χ0) is 22.0. The molecule has 0 spiro atoms. The van der Waals surface area contributed by atoms with E-state index >= 15 is 0 Å². The lowest BCUT2D eigenvalue weighted by atomic mass is 10.1. The molecule has 0 atom stereocenters. The summed E-state index contributed by atoms with van der Waals surface area (Å²) in [5.74, 6) is -0.656. The minimum atomic E-state index is -4.62. The molecular weight excluding hydrogens is 407 g/mol. The summed E-state index contributed by atoms with van der Waals surface area (Å²) in [6.45, 7) is 0.0857. The Bertz CT molecular complexity index is 1200. The van der Waals surface area contributed by atoms with Crippen LogP contribution in [0.3, 0.4) is 0 Å². The lowest BCUT2D eigenvalue weighted by molar-refractivity contribution is -0.141. The fourth-order valence-electron chi connectivity index (χ4n) is 3.18. The highest BCUT2D eigenvalue weighted by Gasteiger charge is 2.35. The van der Waals surface area contributed by atoms with Crippen LogP contribution in [0.2, 0.25) is 0 Å². The Morgan fingerprint density at radius 2 is 1.65 bits per heavy atom. The summed E-state index contributed by atoms with van der Waals surface area (Å²) in [5.41, 5.74) is 1.82. The topological polar surface area (TPSA) is 64.7 Å². The Kier molecular flexibility index (Phi) is 5.33. The van der Waals surface area contributed by atoms with E-state index in [9.17, 15) is 18.0 Å². The van der Waals surface area contributed by atoms with Crippen molar-refractivity contribution in [3.8, 4) is 16.9 Å². The Morgan fingerprint density at radius 1 is 1.00 bits per heavy atom. The predicted molar refractivity (Wildman–Crippen MR) is 108 cm³/mol. The lowest BCUT2D eigenvalue weighted by Crippen LogP contribution is -2.25. The van der Waals surface area contributed by atoms with Crippen molar-refractivity contribution < 1.29 is 18.0 Å². The number of para-hydroxylation sites is 1. The van der Waals surface area contributed by atoms with Crippen LogP contribution >= 0.6 is 0 Å². The quantitative estimate of drug-likeness (QED) is 0.521. The number of benzene rings is 2. The minimum Gasteiger partial charge on any atom is -0.346 e. The van der Waals surface area contributed by atoms with Crippen LogP contribution in [-0.2, 0) is 19.8 Å². The Labute approximate surface area is 175 Å². The van der Waals surface area contributed by atoms with Gasteiger partial charge >= 0.3 is 6.18 Å². The molecule has 4 rings (SSSR count). The number of carbonyl (C=O) groups is 1. The van der Waals surface area contributed by atoms with Crippen LogP contribution in [-0.4, -0.2) is 25.5 Å². The van der Waals surface area contributed by atoms with E-state index in [1.807, 2.05) is 60.7 Å². The molecule has 0 unspecified atom stereocenters. The van der Waals surface area contributed by atoms with E-state index in [0.717, 1.165) is 27.6 Å². The molecule has 0 fully saturated rings. The fourth-order valence-corrected chi connectivity index (χ4v) is 3.18. The third-order valence-corrected chi connectivity index (χ3v) is 4.70. The maximum Gasteiger partial charge on any atom is 0.435 e. The van der Waals surface area contributed by atoms with E-state index in [1.54, 1.807) is 10.9 Å². The number of nitrogens with one attached hydrogen (secondary N) is 1. The van der Waals surface area contributed by atoms with Crippen molar-refractivity contribution >= 4 is 5.91 Å². The van der Waals surface area contributed by atoms with Gasteiger partial charge in [-0.25, -0.2) is 4.68 Å². The van der Waals surface area contributed by atoms with Crippen molar-refractivity contribution in [2.24, 2.45) is 7.05 Å². The van der Waals surface area contributed by atoms with Gasteiger partial charge in [0.2, 0.25) is 0 Å². The summed E-state index contributed by atoms with van der Waals surface area (Å²) in [4.78, 5) is 12.5. The smallest absolute Gasteiger partial charge is 0.346 e. The summed E-state index contributed by atoms with van der Waals surface area (Å²) in [6, 6.07) is 19.7. The van der Waals surface area contributed by atoms with Gasteiger partial charge in [0.05, 0.1) is 11.4 Å². The maximum absolute atomic E-state index is 12.9. The molecule has 0 bridgehead atoms. The number of rotatable bonds is 5. The van der Waals surface area contributed by atoms with Crippen LogP contribution in [0.5, 0.6) is 0 Å². The molecule has 0 saturated carbocycles. The summed E-state index contributed by atoms with van der Waals surface area (Å²) in [7, 11) is 1.30. The zero-order valence-electron chi connectivity index (χ0n) is 16.5. The molecule has 4 aromatic rings. The van der Waals surface area contributed by atoms with Crippen LogP contribution in [0.25, 0.3) is 16.9 Å². The van der Waals surface area contributed by atoms with Gasteiger partial charge in [0, 0.05) is 37.0 Å². The van der Waals surface area contributed by atoms with Crippen LogP contribution in [0.1, 0.15) is 21.7 Å². The monoisotopic (exact) mass is 425 g/mol. The first-order valence-corrected chi connectivity index (χ1v) is 9.42. The van der Waals surface area contributed by atoms with Crippen molar-refractivity contribution in [2.45, 2.75) is 12.7 Å². The zero-order valence-corrected chi connectivity index (χ0v) is 16.5. The first-order valence-electron chi connectivity index (χ1n) is 9.42. The molecule has 2 aromatic heterocycles. The molecule has 1 amide bonds. The highest BCUT2D eigenvalue weighted by Crippen LogP contribution is 2.28. The number of aromatic nitrogens is 4. The van der Waals surface area contributed by atoms with Crippen LogP contribution in [0.4, 0.5) is 13.2 Å². The number of hydrogen-bond donors (Lipinski definition) is 1. The van der Waals surface area contributed by atoms with E-state index in [4.69, 9.17) is 0 Å². The van der Waals surface area contributed by atoms with Crippen molar-refractivity contribution in [3.05, 3.63) is 89.9 Å². The van der Waals surface area contributed by atoms with Gasteiger partial charge in [-0.2, -0.15) is 23.4 Å². The third kappa shape index (κ3) is 4.35. The highest BCUT2D eigenvalue weighted by molar-refractivity contribution is 5.92. The van der Waals surface area contributed by atoms with Crippen molar-refractivity contribution in [2.75, 3.05) is 0 Å². The van der Waals surface area contributed by atoms with Gasteiger partial charge < -0.3 is 5.32 Å². The highest BCUT2D eigenvalue weighted by atomic mass is 19.4. The van der Waals surface area contributed by atoms with Crippen molar-refractivity contribution in [1.82, 2.24) is 24.9 Å². The van der Waals surface area contributed by atoms with Crippen molar-refractivity contribution in [3.63, 3.8) is 0 Å². The van der Waals surface area contributed by atoms with Gasteiger partial charge in [-0.05, 0) is 12.1 Å². The van der Waals surface area contributed by atoms with Gasteiger partial charge in [-0.1, -0.05) is 48.5 Å². The molecule has 0 aliphatic rings. The predicted octanol–water partition coefficient (Wildman–Crippen LogP) is 4.22. The molecule has 1 N–H and O–H groups in total. The number of nitrogens with zero attached hydrogens (tertiary/aromatic N) is 4. The fraction of sp³-hybridized carbons (Fsp3) is 0.136. The third-order valence-electron chi connectivity index (χ3n) is 4.70. The second-order valence-electron chi connectivity index (χ2n) is 6.87. The molecular formula is C22H18F3N5O. The van der Waals surface area contributed by atoms with E-state index < -0.39 is 17.8 Å². The Morgan fingerprint density at radius 3 is 2.26 bits per heavy atom. The molecule has 31 heavy (non-hydrogen) atoms. The van der Waals surface area contributed by atoms with Crippen LogP contribution in [0.15, 0.2) is 72.9 Å². The second-order valence-corrected chi connectivity index (χ2v) is 6.87. The molecule has 2 heterocycles. The Balaban J connectivity index is 1.61. The summed E-state index contributed by atoms with van der Waals surface area (Å²) in [5, 5.41) is 10.7. The first kappa shape index (κ1) is 20.4. The SMILES string of the molecule is Cn1nc(C(F)(F)F)cc1C(=O)NCc1cn(-c2ccccc2)nc1-c1ccccc1. The number of amides is 1. The molecule has 0 saturated heterocycles. The number of carbonyl (C=O) groups excluding carboxylic acids is 1. The normalized spacial score (nSPS) is 11.5. The second kappa shape index (κ2) is 8.10. The summed E-state index contributed by atoms with van der Waals surface area (Å²) in [6.07, 6.45) is -2.82. The van der Waals surface area contributed by atoms with Gasteiger partial charge in [-0.15, -0.1) is 0 Å². The van der Waals surface area contributed by atoms with E-state index in [0.29, 0.717) is 5.69 Å². The maximum atomic E-state index is 12.9. The van der Waals surface area contributed by atoms with Gasteiger partial charge in [0.25, 0.3) is 5.91 Å². The molecule has 0 aliphatic carbocycles. The van der Waals surface area contributed by atoms with E-state index in [-0.39, 0.29) is 12.2 Å². The van der Waals surface area contributed by atoms with Gasteiger partial charge in [-0.3, -0.25) is 9.48 Å².